The average molecular weight is 429 g/mol. The minimum Gasteiger partial charge on any atom is -0.497 e. The summed E-state index contributed by atoms with van der Waals surface area (Å²) < 4.78 is 5.24. The topological polar surface area (TPSA) is 65.1 Å². The number of anilines is 2. The Morgan fingerprint density at radius 1 is 1.07 bits per heavy atom. The fraction of sp³-hybridized carbons (Fsp3) is 0.364. The van der Waals surface area contributed by atoms with E-state index < -0.39 is 0 Å². The number of carbonyl (C=O) groups is 2. The van der Waals surface area contributed by atoms with E-state index in [4.69, 9.17) is 16.3 Å². The van der Waals surface area contributed by atoms with Gasteiger partial charge in [-0.3, -0.25) is 4.79 Å². The number of piperazine rings is 1. The SMILES string of the molecule is COc1cccc(N2CC(NC(=O)N3CCN(c4cccc(Cl)c4)CC3)CC2=O)c1. The van der Waals surface area contributed by atoms with E-state index in [0.29, 0.717) is 36.8 Å². The summed E-state index contributed by atoms with van der Waals surface area (Å²) in [6.07, 6.45) is 0.297. The van der Waals surface area contributed by atoms with Crippen LogP contribution in [0.1, 0.15) is 6.42 Å². The Morgan fingerprint density at radius 3 is 2.53 bits per heavy atom. The number of benzene rings is 2. The predicted molar refractivity (Wildman–Crippen MR) is 118 cm³/mol. The van der Waals surface area contributed by atoms with Crippen molar-refractivity contribution in [3.8, 4) is 5.75 Å². The molecule has 2 aliphatic heterocycles. The van der Waals surface area contributed by atoms with E-state index in [1.165, 1.54) is 0 Å². The minimum atomic E-state index is -0.206. The number of urea groups is 1. The van der Waals surface area contributed by atoms with Crippen LogP contribution in [0.5, 0.6) is 5.75 Å². The van der Waals surface area contributed by atoms with Crippen LogP contribution in [-0.4, -0.2) is 62.7 Å². The second-order valence-corrected chi connectivity index (χ2v) is 7.95. The highest BCUT2D eigenvalue weighted by atomic mass is 35.5. The average Bonchev–Trinajstić information content (AvgIpc) is 3.13. The normalized spacial score (nSPS) is 19.2. The molecule has 2 aromatic rings. The van der Waals surface area contributed by atoms with E-state index in [2.05, 4.69) is 10.2 Å². The first kappa shape index (κ1) is 20.3. The van der Waals surface area contributed by atoms with Crippen LogP contribution in [0.4, 0.5) is 16.2 Å². The van der Waals surface area contributed by atoms with Crippen molar-refractivity contribution in [3.63, 3.8) is 0 Å². The number of nitrogens with zero attached hydrogens (tertiary/aromatic N) is 3. The van der Waals surface area contributed by atoms with Crippen LogP contribution in [-0.2, 0) is 4.79 Å². The summed E-state index contributed by atoms with van der Waals surface area (Å²) in [5.74, 6) is 0.699. The van der Waals surface area contributed by atoms with E-state index in [-0.39, 0.29) is 18.0 Å². The molecular weight excluding hydrogens is 404 g/mol. The first-order chi connectivity index (χ1) is 14.5. The molecule has 2 aliphatic rings. The Kier molecular flexibility index (Phi) is 5.99. The van der Waals surface area contributed by atoms with Crippen LogP contribution in [0.2, 0.25) is 5.02 Å². The van der Waals surface area contributed by atoms with Crippen molar-refractivity contribution in [2.24, 2.45) is 0 Å². The predicted octanol–water partition coefficient (Wildman–Crippen LogP) is 2.99. The molecule has 2 aromatic carbocycles. The standard InChI is InChI=1S/C22H25ClN4O3/c1-30-20-7-3-6-19(14-20)27-15-17(13-21(27)28)24-22(29)26-10-8-25(9-11-26)18-5-2-4-16(23)12-18/h2-7,12,14,17H,8-11,13,15H2,1H3,(H,24,29). The molecule has 0 bridgehead atoms. The molecule has 8 heteroatoms. The van der Waals surface area contributed by atoms with Gasteiger partial charge in [0.2, 0.25) is 5.91 Å². The summed E-state index contributed by atoms with van der Waals surface area (Å²) in [5, 5.41) is 3.73. The van der Waals surface area contributed by atoms with Crippen LogP contribution in [0.15, 0.2) is 48.5 Å². The summed E-state index contributed by atoms with van der Waals surface area (Å²) in [6, 6.07) is 14.8. The van der Waals surface area contributed by atoms with Crippen molar-refractivity contribution in [2.45, 2.75) is 12.5 Å². The fourth-order valence-corrected chi connectivity index (χ4v) is 4.12. The number of hydrogen-bond acceptors (Lipinski definition) is 4. The van der Waals surface area contributed by atoms with Crippen LogP contribution in [0.3, 0.4) is 0 Å². The van der Waals surface area contributed by atoms with Gasteiger partial charge in [0, 0.05) is 61.6 Å². The maximum absolute atomic E-state index is 12.7. The molecule has 2 fully saturated rings. The number of nitrogens with one attached hydrogen (secondary N) is 1. The fourth-order valence-electron chi connectivity index (χ4n) is 3.94. The van der Waals surface area contributed by atoms with Crippen molar-refractivity contribution in [3.05, 3.63) is 53.6 Å². The van der Waals surface area contributed by atoms with Gasteiger partial charge in [-0.1, -0.05) is 23.7 Å². The lowest BCUT2D eigenvalue weighted by atomic mass is 10.2. The van der Waals surface area contributed by atoms with E-state index in [0.717, 1.165) is 24.5 Å². The molecular formula is C22H25ClN4O3. The van der Waals surface area contributed by atoms with Crippen LogP contribution < -0.4 is 19.9 Å². The van der Waals surface area contributed by atoms with Crippen molar-refractivity contribution in [1.82, 2.24) is 10.2 Å². The van der Waals surface area contributed by atoms with E-state index in [1.54, 1.807) is 16.9 Å². The third kappa shape index (κ3) is 4.46. The molecule has 0 aromatic heterocycles. The third-order valence-electron chi connectivity index (χ3n) is 5.56. The molecule has 0 spiro atoms. The second kappa shape index (κ2) is 8.83. The number of amides is 3. The van der Waals surface area contributed by atoms with Gasteiger partial charge in [-0.25, -0.2) is 4.79 Å². The van der Waals surface area contributed by atoms with Crippen molar-refractivity contribution < 1.29 is 14.3 Å². The zero-order chi connectivity index (χ0) is 21.1. The Morgan fingerprint density at radius 2 is 1.80 bits per heavy atom. The van der Waals surface area contributed by atoms with Gasteiger partial charge >= 0.3 is 6.03 Å². The minimum absolute atomic E-state index is 0.000622. The smallest absolute Gasteiger partial charge is 0.317 e. The monoisotopic (exact) mass is 428 g/mol. The van der Waals surface area contributed by atoms with Crippen LogP contribution >= 0.6 is 11.6 Å². The molecule has 4 rings (SSSR count). The Bertz CT molecular complexity index is 930. The highest BCUT2D eigenvalue weighted by Gasteiger charge is 2.33. The number of hydrogen-bond donors (Lipinski definition) is 1. The highest BCUT2D eigenvalue weighted by Crippen LogP contribution is 2.26. The van der Waals surface area contributed by atoms with Crippen molar-refractivity contribution in [2.75, 3.05) is 49.6 Å². The van der Waals surface area contributed by atoms with E-state index in [1.807, 2.05) is 48.5 Å². The molecule has 0 aliphatic carbocycles. The quantitative estimate of drug-likeness (QED) is 0.813. The summed E-state index contributed by atoms with van der Waals surface area (Å²) in [7, 11) is 1.60. The maximum atomic E-state index is 12.7. The molecule has 0 saturated carbocycles. The Labute approximate surface area is 181 Å². The van der Waals surface area contributed by atoms with Gasteiger partial charge in [0.1, 0.15) is 5.75 Å². The van der Waals surface area contributed by atoms with Gasteiger partial charge in [0.15, 0.2) is 0 Å². The van der Waals surface area contributed by atoms with Gasteiger partial charge in [0.25, 0.3) is 0 Å². The molecule has 7 nitrogen and oxygen atoms in total. The van der Waals surface area contributed by atoms with Gasteiger partial charge in [-0.2, -0.15) is 0 Å². The first-order valence-corrected chi connectivity index (χ1v) is 10.4. The summed E-state index contributed by atoms with van der Waals surface area (Å²) >= 11 is 6.08. The van der Waals surface area contributed by atoms with Crippen LogP contribution in [0.25, 0.3) is 0 Å². The molecule has 1 unspecified atom stereocenters. The first-order valence-electron chi connectivity index (χ1n) is 10.0. The van der Waals surface area contributed by atoms with Crippen molar-refractivity contribution >= 4 is 34.9 Å². The Balaban J connectivity index is 1.31. The van der Waals surface area contributed by atoms with E-state index in [9.17, 15) is 9.59 Å². The van der Waals surface area contributed by atoms with Crippen molar-refractivity contribution in [1.29, 1.82) is 0 Å². The number of halogens is 1. The highest BCUT2D eigenvalue weighted by molar-refractivity contribution is 6.30. The largest absolute Gasteiger partial charge is 0.497 e. The van der Waals surface area contributed by atoms with E-state index >= 15 is 0 Å². The van der Waals surface area contributed by atoms with Gasteiger partial charge < -0.3 is 24.8 Å². The second-order valence-electron chi connectivity index (χ2n) is 7.51. The lowest BCUT2D eigenvalue weighted by Gasteiger charge is -2.36. The molecule has 2 saturated heterocycles. The number of carbonyl (C=O) groups excluding carboxylic acids is 2. The number of rotatable bonds is 4. The molecule has 1 atom stereocenters. The number of methoxy groups -OCH3 is 1. The summed E-state index contributed by atoms with van der Waals surface area (Å²) in [5.41, 5.74) is 1.85. The zero-order valence-electron chi connectivity index (χ0n) is 16.9. The van der Waals surface area contributed by atoms with Crippen LogP contribution in [0, 0.1) is 0 Å². The van der Waals surface area contributed by atoms with Gasteiger partial charge in [-0.05, 0) is 30.3 Å². The lowest BCUT2D eigenvalue weighted by molar-refractivity contribution is -0.117. The molecule has 2 heterocycles. The van der Waals surface area contributed by atoms with Gasteiger partial charge in [-0.15, -0.1) is 0 Å². The molecule has 3 amide bonds. The Hall–Kier alpha value is -2.93. The third-order valence-corrected chi connectivity index (χ3v) is 5.79. The summed E-state index contributed by atoms with van der Waals surface area (Å²) in [4.78, 5) is 30.9. The molecule has 158 valence electrons. The lowest BCUT2D eigenvalue weighted by Crippen LogP contribution is -2.53. The summed E-state index contributed by atoms with van der Waals surface area (Å²) in [6.45, 7) is 3.19. The van der Waals surface area contributed by atoms with Gasteiger partial charge in [0.05, 0.1) is 13.2 Å². The molecule has 30 heavy (non-hydrogen) atoms. The maximum Gasteiger partial charge on any atom is 0.317 e. The molecule has 1 N–H and O–H groups in total. The zero-order valence-corrected chi connectivity index (χ0v) is 17.6. The number of ether oxygens (including phenoxy) is 1. The molecule has 0 radical (unpaired) electrons.